The van der Waals surface area contributed by atoms with Gasteiger partial charge in [0.05, 0.1) is 18.4 Å². The van der Waals surface area contributed by atoms with Crippen LogP contribution in [-0.4, -0.2) is 48.9 Å². The third-order valence-corrected chi connectivity index (χ3v) is 6.11. The zero-order valence-corrected chi connectivity index (χ0v) is 15.3. The number of fused-ring (bicyclic) bond motifs is 1. The number of amides is 2. The molecule has 1 aromatic rings. The summed E-state index contributed by atoms with van der Waals surface area (Å²) in [7, 11) is 1.29. The molecule has 7 heteroatoms. The molecular weight excluding hydrogens is 340 g/mol. The molecule has 25 heavy (non-hydrogen) atoms. The number of thiophene rings is 1. The SMILES string of the molecule is COC(=O)C[C@H]1C(=O)NCCN1C(=O)c1cc2c(s1)CCCCCC2. The Morgan fingerprint density at radius 1 is 1.28 bits per heavy atom. The zero-order chi connectivity index (χ0) is 17.8. The molecule has 1 atom stereocenters. The first-order valence-corrected chi connectivity index (χ1v) is 9.69. The van der Waals surface area contributed by atoms with Crippen LogP contribution in [-0.2, 0) is 27.2 Å². The van der Waals surface area contributed by atoms with E-state index in [1.165, 1.54) is 35.3 Å². The third-order valence-electron chi connectivity index (χ3n) is 4.89. The second-order valence-corrected chi connectivity index (χ2v) is 7.70. The van der Waals surface area contributed by atoms with Crippen molar-refractivity contribution in [1.29, 1.82) is 0 Å². The number of esters is 1. The van der Waals surface area contributed by atoms with Gasteiger partial charge in [0, 0.05) is 18.0 Å². The Labute approximate surface area is 151 Å². The molecule has 1 saturated heterocycles. The molecule has 0 bridgehead atoms. The average Bonchev–Trinajstić information content (AvgIpc) is 2.98. The van der Waals surface area contributed by atoms with Gasteiger partial charge < -0.3 is 15.0 Å². The van der Waals surface area contributed by atoms with Gasteiger partial charge in [0.1, 0.15) is 6.04 Å². The van der Waals surface area contributed by atoms with Gasteiger partial charge in [-0.3, -0.25) is 14.4 Å². The van der Waals surface area contributed by atoms with Gasteiger partial charge in [0.25, 0.3) is 5.91 Å². The number of methoxy groups -OCH3 is 1. The van der Waals surface area contributed by atoms with Crippen LogP contribution >= 0.6 is 11.3 Å². The predicted molar refractivity (Wildman–Crippen MR) is 94.7 cm³/mol. The van der Waals surface area contributed by atoms with Crippen LogP contribution < -0.4 is 5.32 Å². The number of aryl methyl sites for hydroxylation is 2. The van der Waals surface area contributed by atoms with Gasteiger partial charge in [-0.1, -0.05) is 12.8 Å². The van der Waals surface area contributed by atoms with E-state index in [2.05, 4.69) is 10.1 Å². The fourth-order valence-corrected chi connectivity index (χ4v) is 4.70. The number of piperazine rings is 1. The van der Waals surface area contributed by atoms with E-state index in [-0.39, 0.29) is 18.2 Å². The Morgan fingerprint density at radius 3 is 2.80 bits per heavy atom. The van der Waals surface area contributed by atoms with Crippen molar-refractivity contribution in [2.24, 2.45) is 0 Å². The maximum atomic E-state index is 13.0. The number of carbonyl (C=O) groups excluding carboxylic acids is 3. The highest BCUT2D eigenvalue weighted by Gasteiger charge is 2.36. The summed E-state index contributed by atoms with van der Waals surface area (Å²) in [4.78, 5) is 40.3. The van der Waals surface area contributed by atoms with E-state index in [9.17, 15) is 14.4 Å². The molecule has 6 nitrogen and oxygen atoms in total. The van der Waals surface area contributed by atoms with E-state index in [4.69, 9.17) is 0 Å². The van der Waals surface area contributed by atoms with E-state index in [1.54, 1.807) is 11.3 Å². The van der Waals surface area contributed by atoms with Gasteiger partial charge in [-0.25, -0.2) is 0 Å². The van der Waals surface area contributed by atoms with E-state index in [0.717, 1.165) is 25.7 Å². The van der Waals surface area contributed by atoms with E-state index < -0.39 is 12.0 Å². The van der Waals surface area contributed by atoms with Crippen molar-refractivity contribution in [2.45, 2.75) is 51.0 Å². The molecule has 3 rings (SSSR count). The Hall–Kier alpha value is -1.89. The molecule has 2 aliphatic rings. The lowest BCUT2D eigenvalue weighted by Gasteiger charge is -2.34. The van der Waals surface area contributed by atoms with Crippen molar-refractivity contribution in [3.05, 3.63) is 21.4 Å². The lowest BCUT2D eigenvalue weighted by Crippen LogP contribution is -2.57. The van der Waals surface area contributed by atoms with Gasteiger partial charge in [0.15, 0.2) is 0 Å². The second-order valence-electron chi connectivity index (χ2n) is 6.56. The van der Waals surface area contributed by atoms with Crippen molar-refractivity contribution >= 4 is 29.1 Å². The highest BCUT2D eigenvalue weighted by atomic mass is 32.1. The van der Waals surface area contributed by atoms with Crippen molar-refractivity contribution in [3.8, 4) is 0 Å². The minimum absolute atomic E-state index is 0.112. The predicted octanol–water partition coefficient (Wildman–Crippen LogP) is 1.91. The molecule has 1 fully saturated rings. The highest BCUT2D eigenvalue weighted by Crippen LogP contribution is 2.30. The highest BCUT2D eigenvalue weighted by molar-refractivity contribution is 7.14. The number of hydrogen-bond acceptors (Lipinski definition) is 5. The summed E-state index contributed by atoms with van der Waals surface area (Å²) in [5, 5.41) is 2.73. The monoisotopic (exact) mass is 364 g/mol. The van der Waals surface area contributed by atoms with Crippen LogP contribution in [0.5, 0.6) is 0 Å². The van der Waals surface area contributed by atoms with E-state index >= 15 is 0 Å². The molecule has 1 aliphatic carbocycles. The second kappa shape index (κ2) is 7.99. The minimum atomic E-state index is -0.793. The molecule has 0 saturated carbocycles. The standard InChI is InChI=1S/C18H24N2O4S/c1-24-16(21)11-13-17(22)19-8-9-20(13)18(23)15-10-12-6-4-2-3-5-7-14(12)25-15/h10,13H,2-9,11H2,1H3,(H,19,22)/t13-/m0/s1. The number of nitrogens with one attached hydrogen (secondary N) is 1. The normalized spacial score (nSPS) is 20.9. The van der Waals surface area contributed by atoms with Gasteiger partial charge in [0.2, 0.25) is 5.91 Å². The third kappa shape index (κ3) is 4.03. The van der Waals surface area contributed by atoms with Crippen LogP contribution in [0.2, 0.25) is 0 Å². The summed E-state index contributed by atoms with van der Waals surface area (Å²) in [5.41, 5.74) is 1.28. The molecule has 0 unspecified atom stereocenters. The molecule has 136 valence electrons. The van der Waals surface area contributed by atoms with E-state index in [0.29, 0.717) is 18.0 Å². The first-order chi connectivity index (χ1) is 12.1. The molecular formula is C18H24N2O4S. The van der Waals surface area contributed by atoms with Gasteiger partial charge in [-0.2, -0.15) is 0 Å². The summed E-state index contributed by atoms with van der Waals surface area (Å²) < 4.78 is 4.67. The maximum Gasteiger partial charge on any atom is 0.308 e. The molecule has 1 aromatic heterocycles. The smallest absolute Gasteiger partial charge is 0.308 e. The lowest BCUT2D eigenvalue weighted by molar-refractivity contribution is -0.145. The quantitative estimate of drug-likeness (QED) is 0.832. The fraction of sp³-hybridized carbons (Fsp3) is 0.611. The van der Waals surface area contributed by atoms with Crippen molar-refractivity contribution in [3.63, 3.8) is 0 Å². The number of rotatable bonds is 3. The summed E-state index contributed by atoms with van der Waals surface area (Å²) in [6.07, 6.45) is 6.75. The fourth-order valence-electron chi connectivity index (χ4n) is 3.49. The van der Waals surface area contributed by atoms with Crippen molar-refractivity contribution in [2.75, 3.05) is 20.2 Å². The van der Waals surface area contributed by atoms with Gasteiger partial charge >= 0.3 is 5.97 Å². The summed E-state index contributed by atoms with van der Waals surface area (Å²) >= 11 is 1.55. The average molecular weight is 364 g/mol. The number of carbonyl (C=O) groups is 3. The summed E-state index contributed by atoms with van der Waals surface area (Å²) in [6, 6.07) is 1.20. The van der Waals surface area contributed by atoms with Crippen LogP contribution in [0.25, 0.3) is 0 Å². The minimum Gasteiger partial charge on any atom is -0.469 e. The molecule has 0 spiro atoms. The Bertz CT molecular complexity index is 645. The summed E-state index contributed by atoms with van der Waals surface area (Å²) in [6.45, 7) is 0.822. The van der Waals surface area contributed by atoms with Crippen molar-refractivity contribution < 1.29 is 19.1 Å². The van der Waals surface area contributed by atoms with Gasteiger partial charge in [-0.05, 0) is 37.3 Å². The first kappa shape index (κ1) is 17.9. The van der Waals surface area contributed by atoms with E-state index in [1.807, 2.05) is 6.07 Å². The molecule has 1 aliphatic heterocycles. The van der Waals surface area contributed by atoms with Crippen LogP contribution in [0.1, 0.15) is 52.2 Å². The lowest BCUT2D eigenvalue weighted by atomic mass is 9.99. The van der Waals surface area contributed by atoms with Crippen molar-refractivity contribution in [1.82, 2.24) is 10.2 Å². The largest absolute Gasteiger partial charge is 0.469 e. The Kier molecular flexibility index (Phi) is 5.73. The molecule has 0 radical (unpaired) electrons. The topological polar surface area (TPSA) is 75.7 Å². The molecule has 1 N–H and O–H groups in total. The number of nitrogens with zero attached hydrogens (tertiary/aromatic N) is 1. The Morgan fingerprint density at radius 2 is 2.04 bits per heavy atom. The molecule has 0 aromatic carbocycles. The molecule has 2 heterocycles. The molecule has 2 amide bonds. The Balaban J connectivity index is 1.81. The van der Waals surface area contributed by atoms with Gasteiger partial charge in [-0.15, -0.1) is 11.3 Å². The first-order valence-electron chi connectivity index (χ1n) is 8.87. The summed E-state index contributed by atoms with van der Waals surface area (Å²) in [5.74, 6) is -0.932. The number of hydrogen-bond donors (Lipinski definition) is 1. The zero-order valence-electron chi connectivity index (χ0n) is 14.5. The van der Waals surface area contributed by atoms with Crippen LogP contribution in [0.15, 0.2) is 6.07 Å². The van der Waals surface area contributed by atoms with Crippen LogP contribution in [0.3, 0.4) is 0 Å². The number of ether oxygens (including phenoxy) is 1. The van der Waals surface area contributed by atoms with Crippen LogP contribution in [0.4, 0.5) is 0 Å². The maximum absolute atomic E-state index is 13.0. The van der Waals surface area contributed by atoms with Crippen LogP contribution in [0, 0.1) is 0 Å².